The lowest BCUT2D eigenvalue weighted by Crippen LogP contribution is -2.43. The summed E-state index contributed by atoms with van der Waals surface area (Å²) in [6.45, 7) is 3.56. The molecule has 0 bridgehead atoms. The minimum Gasteiger partial charge on any atom is -0.465 e. The number of hydrogen-bond donors (Lipinski definition) is 0. The molecule has 1 atom stereocenters. The Morgan fingerprint density at radius 2 is 1.43 bits per heavy atom. The van der Waals surface area contributed by atoms with Gasteiger partial charge in [0, 0.05) is 13.1 Å². The summed E-state index contributed by atoms with van der Waals surface area (Å²) in [5.74, 6) is -0.176. The van der Waals surface area contributed by atoms with Crippen molar-refractivity contribution in [3.63, 3.8) is 0 Å². The fourth-order valence-corrected chi connectivity index (χ4v) is 3.45. The molecule has 0 radical (unpaired) electrons. The van der Waals surface area contributed by atoms with Crippen molar-refractivity contribution in [2.75, 3.05) is 13.2 Å². The van der Waals surface area contributed by atoms with Gasteiger partial charge in [0.1, 0.15) is 6.04 Å². The lowest BCUT2D eigenvalue weighted by Gasteiger charge is -2.29. The van der Waals surface area contributed by atoms with E-state index >= 15 is 0 Å². The zero-order valence-corrected chi connectivity index (χ0v) is 17.5. The van der Waals surface area contributed by atoms with Gasteiger partial charge in [-0.05, 0) is 30.0 Å². The van der Waals surface area contributed by atoms with E-state index in [1.165, 1.54) is 5.56 Å². The first-order valence-corrected chi connectivity index (χ1v) is 10.5. The van der Waals surface area contributed by atoms with Crippen LogP contribution in [0.2, 0.25) is 0 Å². The van der Waals surface area contributed by atoms with Gasteiger partial charge in [-0.25, -0.2) is 0 Å². The standard InChI is InChI=1S/C27H29NO2/c1-2-30-27(29)26(21-24-15-8-4-9-16-24)28(22-25-17-10-5-11-18-25)20-12-19-23-13-6-3-7-14-23/h3-19,26H,2,20-22H2,1H3/b19-12+/t26-/m0/s1. The van der Waals surface area contributed by atoms with Crippen LogP contribution in [0.4, 0.5) is 0 Å². The number of ether oxygens (including phenoxy) is 1. The fraction of sp³-hybridized carbons (Fsp3) is 0.222. The third-order valence-electron chi connectivity index (χ3n) is 4.95. The third kappa shape index (κ3) is 6.71. The number of hydrogen-bond acceptors (Lipinski definition) is 3. The van der Waals surface area contributed by atoms with Crippen LogP contribution in [0, 0.1) is 0 Å². The SMILES string of the molecule is CCOC(=O)[C@H](Cc1ccccc1)N(C/C=C/c1ccccc1)Cc1ccccc1. The van der Waals surface area contributed by atoms with Crippen molar-refractivity contribution in [2.45, 2.75) is 25.9 Å². The van der Waals surface area contributed by atoms with Gasteiger partial charge in [0.15, 0.2) is 0 Å². The molecule has 0 aliphatic heterocycles. The van der Waals surface area contributed by atoms with Crippen molar-refractivity contribution < 1.29 is 9.53 Å². The topological polar surface area (TPSA) is 29.5 Å². The highest BCUT2D eigenvalue weighted by molar-refractivity contribution is 5.76. The normalized spacial score (nSPS) is 12.2. The molecular formula is C27H29NO2. The van der Waals surface area contributed by atoms with Gasteiger partial charge >= 0.3 is 5.97 Å². The number of esters is 1. The van der Waals surface area contributed by atoms with E-state index in [0.717, 1.165) is 11.1 Å². The molecule has 0 N–H and O–H groups in total. The molecule has 3 aromatic carbocycles. The molecule has 0 amide bonds. The average Bonchev–Trinajstić information content (AvgIpc) is 2.79. The van der Waals surface area contributed by atoms with E-state index in [4.69, 9.17) is 4.74 Å². The Morgan fingerprint density at radius 3 is 2.03 bits per heavy atom. The average molecular weight is 400 g/mol. The molecule has 0 unspecified atom stereocenters. The number of carbonyl (C=O) groups excluding carboxylic acids is 1. The van der Waals surface area contributed by atoms with Crippen LogP contribution in [0.5, 0.6) is 0 Å². The van der Waals surface area contributed by atoms with Crippen LogP contribution in [-0.4, -0.2) is 30.1 Å². The van der Waals surface area contributed by atoms with Crippen LogP contribution >= 0.6 is 0 Å². The molecule has 0 spiro atoms. The van der Waals surface area contributed by atoms with Gasteiger partial charge in [-0.3, -0.25) is 9.69 Å². The Morgan fingerprint density at radius 1 is 0.867 bits per heavy atom. The highest BCUT2D eigenvalue weighted by Crippen LogP contribution is 2.16. The van der Waals surface area contributed by atoms with E-state index in [0.29, 0.717) is 26.1 Å². The van der Waals surface area contributed by atoms with Gasteiger partial charge < -0.3 is 4.74 Å². The van der Waals surface area contributed by atoms with Crippen molar-refractivity contribution in [1.82, 2.24) is 4.90 Å². The smallest absolute Gasteiger partial charge is 0.323 e. The Labute approximate surface area is 179 Å². The first-order valence-electron chi connectivity index (χ1n) is 10.5. The van der Waals surface area contributed by atoms with E-state index in [-0.39, 0.29) is 12.0 Å². The maximum absolute atomic E-state index is 12.9. The Bertz CT molecular complexity index is 907. The molecular weight excluding hydrogens is 370 g/mol. The molecule has 3 aromatic rings. The van der Waals surface area contributed by atoms with Crippen LogP contribution < -0.4 is 0 Å². The second-order valence-electron chi connectivity index (χ2n) is 7.19. The van der Waals surface area contributed by atoms with Crippen LogP contribution in [0.1, 0.15) is 23.6 Å². The van der Waals surface area contributed by atoms with Crippen LogP contribution in [-0.2, 0) is 22.5 Å². The summed E-state index contributed by atoms with van der Waals surface area (Å²) in [6, 6.07) is 30.3. The molecule has 0 aromatic heterocycles. The summed E-state index contributed by atoms with van der Waals surface area (Å²) in [5, 5.41) is 0. The first-order chi connectivity index (χ1) is 14.8. The quantitative estimate of drug-likeness (QED) is 0.429. The fourth-order valence-electron chi connectivity index (χ4n) is 3.45. The summed E-state index contributed by atoms with van der Waals surface area (Å²) >= 11 is 0. The van der Waals surface area contributed by atoms with E-state index < -0.39 is 0 Å². The second-order valence-corrected chi connectivity index (χ2v) is 7.19. The predicted molar refractivity (Wildman–Crippen MR) is 123 cm³/mol. The summed E-state index contributed by atoms with van der Waals surface area (Å²) in [5.41, 5.74) is 3.45. The maximum Gasteiger partial charge on any atom is 0.323 e. The summed E-state index contributed by atoms with van der Waals surface area (Å²) in [7, 11) is 0. The highest BCUT2D eigenvalue weighted by Gasteiger charge is 2.27. The van der Waals surface area contributed by atoms with E-state index in [1.807, 2.05) is 61.5 Å². The minimum absolute atomic E-state index is 0.176. The predicted octanol–water partition coefficient (Wildman–Crippen LogP) is 5.38. The molecule has 3 heteroatoms. The number of benzene rings is 3. The monoisotopic (exact) mass is 399 g/mol. The molecule has 0 saturated carbocycles. The molecule has 0 saturated heterocycles. The summed E-state index contributed by atoms with van der Waals surface area (Å²) in [4.78, 5) is 15.1. The van der Waals surface area contributed by atoms with Gasteiger partial charge in [-0.1, -0.05) is 103 Å². The highest BCUT2D eigenvalue weighted by atomic mass is 16.5. The zero-order valence-electron chi connectivity index (χ0n) is 17.5. The second kappa shape index (κ2) is 11.7. The first kappa shape index (κ1) is 21.5. The lowest BCUT2D eigenvalue weighted by molar-refractivity contribution is -0.149. The maximum atomic E-state index is 12.9. The van der Waals surface area contributed by atoms with Crippen LogP contribution in [0.25, 0.3) is 6.08 Å². The van der Waals surface area contributed by atoms with Gasteiger partial charge in [0.2, 0.25) is 0 Å². The van der Waals surface area contributed by atoms with E-state index in [2.05, 4.69) is 53.5 Å². The van der Waals surface area contributed by atoms with Gasteiger partial charge in [0.05, 0.1) is 6.61 Å². The molecule has 0 fully saturated rings. The number of nitrogens with zero attached hydrogens (tertiary/aromatic N) is 1. The Kier molecular flexibility index (Phi) is 8.43. The van der Waals surface area contributed by atoms with Crippen molar-refractivity contribution in [2.24, 2.45) is 0 Å². The molecule has 0 aliphatic carbocycles. The van der Waals surface area contributed by atoms with Gasteiger partial charge in [0.25, 0.3) is 0 Å². The van der Waals surface area contributed by atoms with Crippen LogP contribution in [0.3, 0.4) is 0 Å². The summed E-state index contributed by atoms with van der Waals surface area (Å²) < 4.78 is 5.45. The Hall–Kier alpha value is -3.17. The zero-order chi connectivity index (χ0) is 21.0. The molecule has 0 heterocycles. The lowest BCUT2D eigenvalue weighted by atomic mass is 10.0. The van der Waals surface area contributed by atoms with Crippen LogP contribution in [0.15, 0.2) is 97.1 Å². The Balaban J connectivity index is 1.84. The molecule has 3 rings (SSSR count). The van der Waals surface area contributed by atoms with Crippen molar-refractivity contribution >= 4 is 12.0 Å². The summed E-state index contributed by atoms with van der Waals surface area (Å²) in [6.07, 6.45) is 4.84. The van der Waals surface area contributed by atoms with Crippen molar-refractivity contribution in [1.29, 1.82) is 0 Å². The van der Waals surface area contributed by atoms with Crippen molar-refractivity contribution in [3.8, 4) is 0 Å². The third-order valence-corrected chi connectivity index (χ3v) is 4.95. The van der Waals surface area contributed by atoms with E-state index in [9.17, 15) is 4.79 Å². The largest absolute Gasteiger partial charge is 0.465 e. The van der Waals surface area contributed by atoms with Gasteiger partial charge in [-0.15, -0.1) is 0 Å². The van der Waals surface area contributed by atoms with Crippen molar-refractivity contribution in [3.05, 3.63) is 114 Å². The minimum atomic E-state index is -0.354. The molecule has 0 aliphatic rings. The van der Waals surface area contributed by atoms with E-state index in [1.54, 1.807) is 0 Å². The number of rotatable bonds is 10. The molecule has 3 nitrogen and oxygen atoms in total. The van der Waals surface area contributed by atoms with Gasteiger partial charge in [-0.2, -0.15) is 0 Å². The molecule has 154 valence electrons. The number of carbonyl (C=O) groups is 1. The molecule has 30 heavy (non-hydrogen) atoms.